The Hall–Kier alpha value is -4.04. The predicted octanol–water partition coefficient (Wildman–Crippen LogP) is 7.90. The van der Waals surface area contributed by atoms with Crippen LogP contribution < -0.4 is 14.8 Å². The summed E-state index contributed by atoms with van der Waals surface area (Å²) in [7, 11) is 1.49. The Morgan fingerprint density at radius 3 is 2.56 bits per heavy atom. The summed E-state index contributed by atoms with van der Waals surface area (Å²) in [5, 5.41) is 14.1. The molecular formula is C30H22F3IN2O3. The minimum absolute atomic E-state index is 0.0735. The summed E-state index contributed by atoms with van der Waals surface area (Å²) in [6.07, 6.45) is -3.22. The Kier molecular flexibility index (Phi) is 8.45. The molecule has 0 radical (unpaired) electrons. The lowest BCUT2D eigenvalue weighted by molar-refractivity contribution is -0.137. The molecule has 0 bridgehead atoms. The van der Waals surface area contributed by atoms with E-state index < -0.39 is 17.6 Å². The zero-order valence-electron chi connectivity index (χ0n) is 20.9. The molecule has 0 fully saturated rings. The van der Waals surface area contributed by atoms with E-state index in [0.717, 1.165) is 34.0 Å². The van der Waals surface area contributed by atoms with Crippen molar-refractivity contribution in [3.8, 4) is 17.6 Å². The molecule has 0 saturated carbocycles. The van der Waals surface area contributed by atoms with E-state index in [1.54, 1.807) is 12.1 Å². The molecule has 1 N–H and O–H groups in total. The van der Waals surface area contributed by atoms with E-state index in [1.165, 1.54) is 25.3 Å². The molecule has 0 heterocycles. The Balaban J connectivity index is 1.58. The Morgan fingerprint density at radius 2 is 1.85 bits per heavy atom. The van der Waals surface area contributed by atoms with Gasteiger partial charge in [0.15, 0.2) is 11.5 Å². The van der Waals surface area contributed by atoms with Crippen LogP contribution in [0.5, 0.6) is 11.5 Å². The summed E-state index contributed by atoms with van der Waals surface area (Å²) < 4.78 is 51.4. The number of anilines is 1. The molecule has 0 unspecified atom stereocenters. The van der Waals surface area contributed by atoms with Gasteiger partial charge in [-0.1, -0.05) is 42.5 Å². The van der Waals surface area contributed by atoms with Crippen molar-refractivity contribution in [1.82, 2.24) is 0 Å². The molecule has 0 aromatic heterocycles. The van der Waals surface area contributed by atoms with Crippen LogP contribution in [0.4, 0.5) is 18.9 Å². The summed E-state index contributed by atoms with van der Waals surface area (Å²) >= 11 is 2.09. The fourth-order valence-corrected chi connectivity index (χ4v) is 4.81. The van der Waals surface area contributed by atoms with E-state index in [9.17, 15) is 23.2 Å². The maximum absolute atomic E-state index is 13.0. The number of carbonyl (C=O) groups is 1. The number of carbonyl (C=O) groups excluding carboxylic acids is 1. The first-order valence-corrected chi connectivity index (χ1v) is 12.8. The zero-order chi connectivity index (χ0) is 28.2. The van der Waals surface area contributed by atoms with E-state index in [1.807, 2.05) is 43.3 Å². The van der Waals surface area contributed by atoms with Crippen molar-refractivity contribution >= 4 is 51.0 Å². The maximum Gasteiger partial charge on any atom is 0.416 e. The molecule has 9 heteroatoms. The molecule has 0 atom stereocenters. The van der Waals surface area contributed by atoms with Gasteiger partial charge in [0.25, 0.3) is 5.91 Å². The fourth-order valence-electron chi connectivity index (χ4n) is 4.03. The van der Waals surface area contributed by atoms with Crippen molar-refractivity contribution in [1.29, 1.82) is 5.26 Å². The maximum atomic E-state index is 13.0. The first-order valence-electron chi connectivity index (χ1n) is 11.7. The number of nitrogens with zero attached hydrogens (tertiary/aromatic N) is 1. The van der Waals surface area contributed by atoms with E-state index in [0.29, 0.717) is 27.2 Å². The molecule has 0 aliphatic heterocycles. The predicted molar refractivity (Wildman–Crippen MR) is 152 cm³/mol. The smallest absolute Gasteiger partial charge is 0.416 e. The van der Waals surface area contributed by atoms with E-state index >= 15 is 0 Å². The highest BCUT2D eigenvalue weighted by Gasteiger charge is 2.30. The molecular weight excluding hydrogens is 620 g/mol. The normalized spacial score (nSPS) is 11.7. The third kappa shape index (κ3) is 6.52. The lowest BCUT2D eigenvalue weighted by atomic mass is 10.0. The minimum Gasteiger partial charge on any atom is -0.493 e. The summed E-state index contributed by atoms with van der Waals surface area (Å²) in [6, 6.07) is 21.5. The van der Waals surface area contributed by atoms with Crippen LogP contribution >= 0.6 is 22.6 Å². The lowest BCUT2D eigenvalue weighted by Gasteiger charge is -2.16. The SMILES string of the molecule is COc1cc(/C=C(\C#N)C(=O)Nc2cccc(C(F)(F)F)c2)cc(I)c1OCc1c(C)ccc2ccccc12. The monoisotopic (exact) mass is 642 g/mol. The second-order valence-electron chi connectivity index (χ2n) is 8.61. The van der Waals surface area contributed by atoms with Crippen LogP contribution in [0.3, 0.4) is 0 Å². The van der Waals surface area contributed by atoms with Crippen molar-refractivity contribution in [2.45, 2.75) is 19.7 Å². The van der Waals surface area contributed by atoms with Crippen molar-refractivity contribution < 1.29 is 27.4 Å². The Bertz CT molecular complexity index is 1620. The summed E-state index contributed by atoms with van der Waals surface area (Å²) in [6.45, 7) is 2.33. The molecule has 39 heavy (non-hydrogen) atoms. The highest BCUT2D eigenvalue weighted by atomic mass is 127. The summed E-state index contributed by atoms with van der Waals surface area (Å²) in [5.74, 6) is 0.0775. The largest absolute Gasteiger partial charge is 0.493 e. The number of ether oxygens (including phenoxy) is 2. The second kappa shape index (κ2) is 11.8. The van der Waals surface area contributed by atoms with Gasteiger partial charge in [0.2, 0.25) is 0 Å². The van der Waals surface area contributed by atoms with Crippen molar-refractivity contribution in [2.24, 2.45) is 0 Å². The van der Waals surface area contributed by atoms with Crippen LogP contribution in [0.15, 0.2) is 78.4 Å². The summed E-state index contributed by atoms with van der Waals surface area (Å²) in [4.78, 5) is 12.7. The van der Waals surface area contributed by atoms with Gasteiger partial charge in [-0.3, -0.25) is 4.79 Å². The number of aryl methyl sites for hydroxylation is 1. The fraction of sp³-hybridized carbons (Fsp3) is 0.133. The Morgan fingerprint density at radius 1 is 1.08 bits per heavy atom. The number of rotatable bonds is 7. The van der Waals surface area contributed by atoms with Gasteiger partial charge < -0.3 is 14.8 Å². The molecule has 0 saturated heterocycles. The van der Waals surface area contributed by atoms with Crippen molar-refractivity contribution in [3.63, 3.8) is 0 Å². The number of methoxy groups -OCH3 is 1. The number of hydrogen-bond acceptors (Lipinski definition) is 4. The standard InChI is InChI=1S/C30H22F3IN2O3/c1-18-10-11-20-6-3-4-9-24(20)25(18)17-39-28-26(34)13-19(14-27(28)38-2)12-21(16-35)29(37)36-23-8-5-7-22(15-23)30(31,32)33/h3-15H,17H2,1-2H3,(H,36,37)/b21-12+. The molecule has 5 nitrogen and oxygen atoms in total. The van der Waals surface area contributed by atoms with E-state index in [2.05, 4.69) is 34.0 Å². The summed E-state index contributed by atoms with van der Waals surface area (Å²) in [5.41, 5.74) is 1.36. The molecule has 4 aromatic carbocycles. The third-order valence-corrected chi connectivity index (χ3v) is 6.81. The number of fused-ring (bicyclic) bond motifs is 1. The number of alkyl halides is 3. The van der Waals surface area contributed by atoms with Crippen LogP contribution in [-0.4, -0.2) is 13.0 Å². The quantitative estimate of drug-likeness (QED) is 0.126. The lowest BCUT2D eigenvalue weighted by Crippen LogP contribution is -2.14. The van der Waals surface area contributed by atoms with Gasteiger partial charge >= 0.3 is 6.18 Å². The average Bonchev–Trinajstić information content (AvgIpc) is 2.91. The Labute approximate surface area is 237 Å². The number of nitrogens with one attached hydrogen (secondary N) is 1. The van der Waals surface area contributed by atoms with Gasteiger partial charge in [-0.2, -0.15) is 18.4 Å². The molecule has 4 aromatic rings. The molecule has 4 rings (SSSR count). The molecule has 0 aliphatic carbocycles. The molecule has 198 valence electrons. The van der Waals surface area contributed by atoms with Gasteiger partial charge in [-0.25, -0.2) is 0 Å². The first-order chi connectivity index (χ1) is 18.6. The number of nitriles is 1. The van der Waals surface area contributed by atoms with Crippen LogP contribution in [0, 0.1) is 21.8 Å². The molecule has 0 aliphatic rings. The van der Waals surface area contributed by atoms with E-state index in [4.69, 9.17) is 9.47 Å². The van der Waals surface area contributed by atoms with E-state index in [-0.39, 0.29) is 11.3 Å². The topological polar surface area (TPSA) is 71.3 Å². The second-order valence-corrected chi connectivity index (χ2v) is 9.77. The van der Waals surface area contributed by atoms with Crippen LogP contribution in [0.2, 0.25) is 0 Å². The van der Waals surface area contributed by atoms with Crippen molar-refractivity contribution in [3.05, 3.63) is 104 Å². The highest BCUT2D eigenvalue weighted by molar-refractivity contribution is 14.1. The first kappa shape index (κ1) is 28.0. The number of benzene rings is 4. The van der Waals surface area contributed by atoms with Gasteiger partial charge in [-0.05, 0) is 87.8 Å². The van der Waals surface area contributed by atoms with Gasteiger partial charge in [-0.15, -0.1) is 0 Å². The van der Waals surface area contributed by atoms with Crippen LogP contribution in [-0.2, 0) is 17.6 Å². The van der Waals surface area contributed by atoms with Crippen LogP contribution in [0.25, 0.3) is 16.8 Å². The highest BCUT2D eigenvalue weighted by Crippen LogP contribution is 2.36. The number of hydrogen-bond donors (Lipinski definition) is 1. The zero-order valence-corrected chi connectivity index (χ0v) is 23.1. The minimum atomic E-state index is -4.56. The average molecular weight is 642 g/mol. The van der Waals surface area contributed by atoms with Gasteiger partial charge in [0.05, 0.1) is 16.2 Å². The van der Waals surface area contributed by atoms with Gasteiger partial charge in [0.1, 0.15) is 18.2 Å². The number of amides is 1. The number of halogens is 4. The van der Waals surface area contributed by atoms with Gasteiger partial charge in [0, 0.05) is 11.3 Å². The molecule has 0 spiro atoms. The molecule has 1 amide bonds. The van der Waals surface area contributed by atoms with Crippen LogP contribution in [0.1, 0.15) is 22.3 Å². The van der Waals surface area contributed by atoms with Crippen molar-refractivity contribution in [2.75, 3.05) is 12.4 Å². The third-order valence-electron chi connectivity index (χ3n) is 6.01.